The molecule has 0 atom stereocenters. The highest BCUT2D eigenvalue weighted by atomic mass is 35.5. The maximum absolute atomic E-state index is 14.3. The van der Waals surface area contributed by atoms with Gasteiger partial charge in [-0.25, -0.2) is 13.8 Å². The highest BCUT2D eigenvalue weighted by Crippen LogP contribution is 2.30. The van der Waals surface area contributed by atoms with Gasteiger partial charge < -0.3 is 5.73 Å². The molecule has 0 unspecified atom stereocenters. The van der Waals surface area contributed by atoms with Crippen molar-refractivity contribution in [1.82, 2.24) is 9.55 Å². The molecule has 0 aliphatic rings. The predicted octanol–water partition coefficient (Wildman–Crippen LogP) is 4.14. The number of hydrogen-bond acceptors (Lipinski definition) is 3. The van der Waals surface area contributed by atoms with Crippen LogP contribution in [0.2, 0.25) is 5.15 Å². The molecule has 0 saturated carbocycles. The molecule has 1 aromatic carbocycles. The zero-order valence-corrected chi connectivity index (χ0v) is 13.5. The van der Waals surface area contributed by atoms with Gasteiger partial charge in [0.2, 0.25) is 0 Å². The van der Waals surface area contributed by atoms with Gasteiger partial charge in [0, 0.05) is 11.6 Å². The molecule has 0 bridgehead atoms. The number of fused-ring (bicyclic) bond motifs is 1. The Balaban J connectivity index is 2.43. The summed E-state index contributed by atoms with van der Waals surface area (Å²) in [6.45, 7) is -1.66. The topological polar surface area (TPSA) is 60.9 Å². The van der Waals surface area contributed by atoms with Crippen molar-refractivity contribution in [3.05, 3.63) is 57.6 Å². The number of halogens is 6. The first kappa shape index (κ1) is 18.1. The summed E-state index contributed by atoms with van der Waals surface area (Å²) in [5.74, 6) is -2.37. The molecule has 0 spiro atoms. The molecule has 3 rings (SSSR count). The van der Waals surface area contributed by atoms with Crippen molar-refractivity contribution in [2.75, 3.05) is 5.73 Å². The normalized spacial score (nSPS) is 11.9. The van der Waals surface area contributed by atoms with Gasteiger partial charge in [-0.3, -0.25) is 9.36 Å². The van der Waals surface area contributed by atoms with Crippen molar-refractivity contribution in [1.29, 1.82) is 0 Å². The second kappa shape index (κ2) is 6.24. The zero-order valence-electron chi connectivity index (χ0n) is 12.7. The summed E-state index contributed by atoms with van der Waals surface area (Å²) in [6.07, 6.45) is -3.65. The quantitative estimate of drug-likeness (QED) is 0.407. The van der Waals surface area contributed by atoms with Crippen molar-refractivity contribution < 1.29 is 22.0 Å². The Labute approximate surface area is 147 Å². The van der Waals surface area contributed by atoms with Gasteiger partial charge in [-0.1, -0.05) is 11.6 Å². The van der Waals surface area contributed by atoms with Crippen molar-refractivity contribution in [2.45, 2.75) is 12.7 Å². The fraction of sp³-hybridized carbons (Fsp3) is 0.125. The average Bonchev–Trinajstić information content (AvgIpc) is 2.54. The fourth-order valence-electron chi connectivity index (χ4n) is 2.58. The number of nitrogens with zero attached hydrogens (tertiary/aromatic N) is 2. The Morgan fingerprint density at radius 2 is 1.88 bits per heavy atom. The van der Waals surface area contributed by atoms with Crippen molar-refractivity contribution in [3.8, 4) is 11.1 Å². The molecule has 10 heteroatoms. The lowest BCUT2D eigenvalue weighted by atomic mass is 10.0. The van der Waals surface area contributed by atoms with E-state index in [2.05, 4.69) is 4.98 Å². The molecular weight excluding hydrogens is 381 g/mol. The molecule has 136 valence electrons. The molecule has 3 aromatic rings. The highest BCUT2D eigenvalue weighted by molar-refractivity contribution is 6.30. The molecular formula is C16H9ClF5N3O. The fourth-order valence-corrected chi connectivity index (χ4v) is 2.73. The van der Waals surface area contributed by atoms with E-state index in [1.807, 2.05) is 0 Å². The van der Waals surface area contributed by atoms with Crippen molar-refractivity contribution >= 4 is 28.2 Å². The van der Waals surface area contributed by atoms with Gasteiger partial charge in [-0.15, -0.1) is 0 Å². The number of nitrogen functional groups attached to an aromatic ring is 1. The minimum atomic E-state index is -4.75. The Morgan fingerprint density at radius 3 is 2.54 bits per heavy atom. The third kappa shape index (κ3) is 3.22. The van der Waals surface area contributed by atoms with E-state index in [1.165, 1.54) is 0 Å². The Bertz CT molecular complexity index is 1080. The number of pyridine rings is 2. The summed E-state index contributed by atoms with van der Waals surface area (Å²) in [5.41, 5.74) is 2.13. The third-order valence-electron chi connectivity index (χ3n) is 3.67. The third-order valence-corrected chi connectivity index (χ3v) is 3.88. The van der Waals surface area contributed by atoms with Gasteiger partial charge in [0.1, 0.15) is 17.5 Å². The van der Waals surface area contributed by atoms with Crippen LogP contribution in [0.15, 0.2) is 35.3 Å². The SMILES string of the molecule is Nc1ccc(F)c(-c2cc3cnc(Cl)cc3n(CC(F)(F)F)c2=O)c1F. The Kier molecular flexibility index (Phi) is 4.35. The molecule has 26 heavy (non-hydrogen) atoms. The van der Waals surface area contributed by atoms with Gasteiger partial charge in [0.15, 0.2) is 5.82 Å². The molecule has 2 heterocycles. The van der Waals surface area contributed by atoms with Crippen LogP contribution in [0.5, 0.6) is 0 Å². The Morgan fingerprint density at radius 1 is 1.19 bits per heavy atom. The smallest absolute Gasteiger partial charge is 0.396 e. The molecule has 4 nitrogen and oxygen atoms in total. The largest absolute Gasteiger partial charge is 0.406 e. The number of anilines is 1. The van der Waals surface area contributed by atoms with Crippen LogP contribution in [0.1, 0.15) is 0 Å². The number of nitrogens with two attached hydrogens (primary N) is 1. The lowest BCUT2D eigenvalue weighted by Gasteiger charge is -2.16. The van der Waals surface area contributed by atoms with Gasteiger partial charge in [-0.2, -0.15) is 13.2 Å². The number of hydrogen-bond donors (Lipinski definition) is 1. The summed E-state index contributed by atoms with van der Waals surface area (Å²) in [7, 11) is 0. The van der Waals surface area contributed by atoms with Crippen LogP contribution in [0.3, 0.4) is 0 Å². The molecule has 0 amide bonds. The summed E-state index contributed by atoms with van der Waals surface area (Å²) in [5, 5.41) is -0.0867. The predicted molar refractivity (Wildman–Crippen MR) is 86.8 cm³/mol. The van der Waals surface area contributed by atoms with Crippen LogP contribution in [-0.4, -0.2) is 15.7 Å². The van der Waals surface area contributed by atoms with Crippen LogP contribution in [-0.2, 0) is 6.54 Å². The van der Waals surface area contributed by atoms with E-state index in [9.17, 15) is 26.7 Å². The van der Waals surface area contributed by atoms with Gasteiger partial charge >= 0.3 is 6.18 Å². The first-order valence-electron chi connectivity index (χ1n) is 7.08. The summed E-state index contributed by atoms with van der Waals surface area (Å²) in [6, 6.07) is 3.89. The number of rotatable bonds is 2. The molecule has 2 N–H and O–H groups in total. The van der Waals surface area contributed by atoms with Crippen molar-refractivity contribution in [3.63, 3.8) is 0 Å². The molecule has 0 aliphatic heterocycles. The van der Waals surface area contributed by atoms with Gasteiger partial charge in [-0.05, 0) is 24.3 Å². The molecule has 0 fully saturated rings. The highest BCUT2D eigenvalue weighted by Gasteiger charge is 2.30. The van der Waals surface area contributed by atoms with Crippen LogP contribution >= 0.6 is 11.6 Å². The van der Waals surface area contributed by atoms with Crippen molar-refractivity contribution in [2.24, 2.45) is 0 Å². The van der Waals surface area contributed by atoms with Gasteiger partial charge in [0.25, 0.3) is 5.56 Å². The standard InChI is InChI=1S/C16H9ClF5N3O/c17-12-4-11-7(5-24-12)3-8(15(26)25(11)6-16(20,21)22)13-9(18)1-2-10(23)14(13)19/h1-5H,6,23H2. The van der Waals surface area contributed by atoms with Crippen LogP contribution in [0.25, 0.3) is 22.0 Å². The molecule has 0 saturated heterocycles. The van der Waals surface area contributed by atoms with Crippen LogP contribution in [0.4, 0.5) is 27.6 Å². The van der Waals surface area contributed by atoms with E-state index in [1.54, 1.807) is 0 Å². The lowest BCUT2D eigenvalue weighted by molar-refractivity contribution is -0.140. The van der Waals surface area contributed by atoms with E-state index >= 15 is 0 Å². The lowest BCUT2D eigenvalue weighted by Crippen LogP contribution is -2.29. The number of alkyl halides is 3. The summed E-state index contributed by atoms with van der Waals surface area (Å²) >= 11 is 5.70. The van der Waals surface area contributed by atoms with E-state index in [4.69, 9.17) is 17.3 Å². The van der Waals surface area contributed by atoms with E-state index in [0.717, 1.165) is 30.5 Å². The van der Waals surface area contributed by atoms with Gasteiger partial charge in [0.05, 0.1) is 22.3 Å². The maximum Gasteiger partial charge on any atom is 0.406 e. The summed E-state index contributed by atoms with van der Waals surface area (Å²) < 4.78 is 67.6. The molecule has 0 radical (unpaired) electrons. The summed E-state index contributed by atoms with van der Waals surface area (Å²) in [4.78, 5) is 16.3. The van der Waals surface area contributed by atoms with Crippen LogP contribution in [0, 0.1) is 11.6 Å². The minimum absolute atomic E-state index is 0.0504. The minimum Gasteiger partial charge on any atom is -0.396 e. The maximum atomic E-state index is 14.3. The molecule has 2 aromatic heterocycles. The zero-order chi connectivity index (χ0) is 19.2. The van der Waals surface area contributed by atoms with E-state index in [0.29, 0.717) is 4.57 Å². The Hall–Kier alpha value is -2.68. The second-order valence-corrected chi connectivity index (χ2v) is 5.84. The number of benzene rings is 1. The molecule has 0 aliphatic carbocycles. The number of aromatic nitrogens is 2. The average molecular weight is 390 g/mol. The van der Waals surface area contributed by atoms with E-state index < -0.39 is 46.7 Å². The first-order valence-corrected chi connectivity index (χ1v) is 7.46. The second-order valence-electron chi connectivity index (χ2n) is 5.46. The van der Waals surface area contributed by atoms with Crippen LogP contribution < -0.4 is 11.3 Å². The first-order chi connectivity index (χ1) is 12.1. The monoisotopic (exact) mass is 389 g/mol. The van der Waals surface area contributed by atoms with E-state index in [-0.39, 0.29) is 16.1 Å².